The average molecular weight is 496 g/mol. The van der Waals surface area contributed by atoms with E-state index in [-0.39, 0.29) is 0 Å². The lowest BCUT2D eigenvalue weighted by molar-refractivity contribution is 1.48. The van der Waals surface area contributed by atoms with Crippen LogP contribution in [0.25, 0.3) is 0 Å². The zero-order valence-corrected chi connectivity index (χ0v) is 21.6. The molecule has 0 aliphatic carbocycles. The molecule has 0 aromatic heterocycles. The minimum absolute atomic E-state index is 0.739. The van der Waals surface area contributed by atoms with Gasteiger partial charge in [0.1, 0.15) is 0 Å². The van der Waals surface area contributed by atoms with Gasteiger partial charge in [-0.3, -0.25) is 0 Å². The first-order valence-electron chi connectivity index (χ1n) is 11.7. The van der Waals surface area contributed by atoms with Crippen LogP contribution in [0.15, 0.2) is 155 Å². The van der Waals surface area contributed by atoms with Crippen molar-refractivity contribution in [1.29, 1.82) is 0 Å². The third-order valence-corrected chi connectivity index (χ3v) is 11.4. The highest BCUT2D eigenvalue weighted by atomic mass is 31.2. The Labute approximate surface area is 216 Å². The van der Waals surface area contributed by atoms with Crippen LogP contribution >= 0.6 is 13.9 Å². The number of nitrogens with zero attached hydrogens (tertiary/aromatic N) is 2. The van der Waals surface area contributed by atoms with Crippen LogP contribution < -0.4 is 21.2 Å². The van der Waals surface area contributed by atoms with Crippen LogP contribution in [0.3, 0.4) is 0 Å². The van der Waals surface area contributed by atoms with Crippen molar-refractivity contribution in [1.82, 2.24) is 0 Å². The summed E-state index contributed by atoms with van der Waals surface area (Å²) in [6.45, 7) is -5.19. The van der Waals surface area contributed by atoms with Crippen LogP contribution in [0.4, 0.5) is 11.4 Å². The second-order valence-corrected chi connectivity index (χ2v) is 13.6. The molecule has 5 aromatic rings. The molecule has 0 heterocycles. The van der Waals surface area contributed by atoms with Gasteiger partial charge in [0.05, 0.1) is 11.4 Å². The van der Waals surface area contributed by atoms with Crippen molar-refractivity contribution < 1.29 is 0 Å². The van der Waals surface area contributed by atoms with E-state index in [1.165, 1.54) is 0 Å². The van der Waals surface area contributed by atoms with Gasteiger partial charge in [0.25, 0.3) is 0 Å². The summed E-state index contributed by atoms with van der Waals surface area (Å²) in [4.78, 5) is 0. The number of hydrogen-bond acceptors (Lipinski definition) is 2. The zero-order valence-electron chi connectivity index (χ0n) is 19.8. The van der Waals surface area contributed by atoms with E-state index in [4.69, 9.17) is 24.6 Å². The molecule has 0 unspecified atom stereocenters. The Kier molecular flexibility index (Phi) is 7.28. The van der Waals surface area contributed by atoms with E-state index < -0.39 is 13.9 Å². The molecule has 6 heteroatoms. The molecule has 0 amide bonds. The van der Waals surface area contributed by atoms with Crippen LogP contribution in [0.2, 0.25) is 0 Å². The molecular weight excluding hydrogens is 472 g/mol. The van der Waals surface area contributed by atoms with Crippen LogP contribution in [-0.2, 0) is 0 Å². The Hall–Kier alpha value is -3.31. The van der Waals surface area contributed by atoms with Gasteiger partial charge in [-0.25, -0.2) is 13.9 Å². The number of rotatable bonds is 6. The summed E-state index contributed by atoms with van der Waals surface area (Å²) in [5.41, 5.74) is 1.48. The summed E-state index contributed by atoms with van der Waals surface area (Å²) < 4.78 is 10.5. The Morgan fingerprint density at radius 3 is 0.806 bits per heavy atom. The van der Waals surface area contributed by atoms with Gasteiger partial charge in [-0.05, 0) is 33.4 Å². The molecule has 0 aliphatic heterocycles. The molecule has 0 spiro atoms. The van der Waals surface area contributed by atoms with Gasteiger partial charge in [0, 0.05) is 0 Å². The van der Waals surface area contributed by atoms with E-state index in [0.29, 0.717) is 0 Å². The van der Waals surface area contributed by atoms with Gasteiger partial charge >= 0.3 is 0 Å². The smallest absolute Gasteiger partial charge is 0.0832 e. The van der Waals surface area contributed by atoms with Crippen LogP contribution in [0.1, 0.15) is 0 Å². The molecule has 36 heavy (non-hydrogen) atoms. The fraction of sp³-hybridized carbons (Fsp3) is 0. The van der Waals surface area contributed by atoms with E-state index in [1.807, 2.05) is 97.1 Å². The standard InChI is InChI=1S/C30H24B2N2P2/c31-35(25-15-5-1-6-16-25,26-17-7-2-8-18-26)33-29-23-13-14-24-30(29)34-36(32,27-19-9-3-10-20-27)28-21-11-4-12-22-28/h1-24H/q-2. The van der Waals surface area contributed by atoms with Crippen molar-refractivity contribution in [3.05, 3.63) is 146 Å². The highest BCUT2D eigenvalue weighted by Crippen LogP contribution is 2.51. The van der Waals surface area contributed by atoms with E-state index in [0.717, 1.165) is 32.6 Å². The number of benzene rings is 5. The van der Waals surface area contributed by atoms with Gasteiger partial charge in [-0.1, -0.05) is 133 Å². The maximum atomic E-state index is 7.21. The second-order valence-electron chi connectivity index (χ2n) is 8.40. The van der Waals surface area contributed by atoms with Crippen LogP contribution in [0.5, 0.6) is 0 Å². The summed E-state index contributed by atoms with van der Waals surface area (Å²) in [7, 11) is 14.4. The molecule has 0 aliphatic rings. The predicted octanol–water partition coefficient (Wildman–Crippen LogP) is 6.82. The second kappa shape index (κ2) is 10.8. The van der Waals surface area contributed by atoms with Gasteiger partial charge < -0.3 is 24.6 Å². The first-order chi connectivity index (χ1) is 17.6. The predicted molar refractivity (Wildman–Crippen MR) is 160 cm³/mol. The lowest BCUT2D eigenvalue weighted by atomic mass is 10.3. The maximum absolute atomic E-state index is 7.21. The third-order valence-electron chi connectivity index (χ3n) is 6.01. The van der Waals surface area contributed by atoms with E-state index >= 15 is 0 Å². The fourth-order valence-corrected chi connectivity index (χ4v) is 8.71. The Bertz CT molecular complexity index is 1350. The molecule has 0 saturated heterocycles. The zero-order chi connectivity index (χ0) is 24.8. The SMILES string of the molecule is [B-]P(=Nc1ccccc1N=P([B-])(c1ccccc1)c1ccccc1)(c1ccccc1)c1ccccc1. The Morgan fingerprint density at radius 1 is 0.333 bits per heavy atom. The molecular formula is C30H24B2N2P2-2. The molecule has 0 saturated carbocycles. The van der Waals surface area contributed by atoms with E-state index in [9.17, 15) is 0 Å². The first kappa shape index (κ1) is 24.4. The summed E-state index contributed by atoms with van der Waals surface area (Å²) >= 11 is 0. The van der Waals surface area contributed by atoms with Crippen LogP contribution in [-0.4, -0.2) is 15.1 Å². The largest absolute Gasteiger partial charge is 0.538 e. The van der Waals surface area contributed by atoms with Crippen molar-refractivity contribution in [2.45, 2.75) is 0 Å². The lowest BCUT2D eigenvalue weighted by Gasteiger charge is -2.37. The Morgan fingerprint density at radius 2 is 0.556 bits per heavy atom. The highest BCUT2D eigenvalue weighted by molar-refractivity contribution is 8.01. The van der Waals surface area contributed by atoms with Crippen molar-refractivity contribution >= 4 is 61.6 Å². The Balaban J connectivity index is 1.77. The molecule has 172 valence electrons. The molecule has 0 fully saturated rings. The fourth-order valence-electron chi connectivity index (χ4n) is 4.12. The molecule has 2 nitrogen and oxygen atoms in total. The van der Waals surface area contributed by atoms with Gasteiger partial charge in [0.15, 0.2) is 0 Å². The lowest BCUT2D eigenvalue weighted by Crippen LogP contribution is -2.16. The van der Waals surface area contributed by atoms with E-state index in [2.05, 4.69) is 48.5 Å². The van der Waals surface area contributed by atoms with Gasteiger partial charge in [-0.15, -0.1) is 0 Å². The molecule has 5 aromatic carbocycles. The third kappa shape index (κ3) is 4.98. The minimum Gasteiger partial charge on any atom is -0.538 e. The van der Waals surface area contributed by atoms with Crippen LogP contribution in [0, 0.1) is 0 Å². The monoisotopic (exact) mass is 496 g/mol. The maximum Gasteiger partial charge on any atom is 0.0832 e. The summed E-state index contributed by atoms with van der Waals surface area (Å²) in [6, 6.07) is 48.4. The molecule has 0 bridgehead atoms. The van der Waals surface area contributed by atoms with Crippen molar-refractivity contribution in [3.8, 4) is 0 Å². The summed E-state index contributed by atoms with van der Waals surface area (Å²) in [5, 5.41) is 4.02. The number of hydrogen-bond donors (Lipinski definition) is 0. The molecule has 0 atom stereocenters. The van der Waals surface area contributed by atoms with Crippen molar-refractivity contribution in [3.63, 3.8) is 0 Å². The summed E-state index contributed by atoms with van der Waals surface area (Å²) in [6.07, 6.45) is 0. The quantitative estimate of drug-likeness (QED) is 0.182. The highest BCUT2D eigenvalue weighted by Gasteiger charge is 2.11. The van der Waals surface area contributed by atoms with Crippen molar-refractivity contribution in [2.75, 3.05) is 0 Å². The molecule has 5 rings (SSSR count). The first-order valence-corrected chi connectivity index (χ1v) is 15.3. The normalized spacial score (nSPS) is 11.6. The van der Waals surface area contributed by atoms with E-state index in [1.54, 1.807) is 0 Å². The average Bonchev–Trinajstić information content (AvgIpc) is 2.96. The minimum atomic E-state index is -2.60. The van der Waals surface area contributed by atoms with Gasteiger partial charge in [0.2, 0.25) is 0 Å². The molecule has 0 N–H and O–H groups in total. The molecule has 6 radical (unpaired) electrons. The van der Waals surface area contributed by atoms with Crippen molar-refractivity contribution in [2.24, 2.45) is 9.49 Å². The summed E-state index contributed by atoms with van der Waals surface area (Å²) in [5.74, 6) is 0. The van der Waals surface area contributed by atoms with Gasteiger partial charge in [-0.2, -0.15) is 0 Å². The topological polar surface area (TPSA) is 24.7 Å².